The first-order valence-electron chi connectivity index (χ1n) is 9.04. The van der Waals surface area contributed by atoms with Gasteiger partial charge >= 0.3 is 130 Å². The minimum absolute atomic E-state index is 0.128. The van der Waals surface area contributed by atoms with Crippen LogP contribution in [0.2, 0.25) is 25.7 Å². The summed E-state index contributed by atoms with van der Waals surface area (Å²) in [4.78, 5) is 36.7. The molecule has 0 saturated carbocycles. The number of hydrogen-bond donors (Lipinski definition) is 1. The van der Waals surface area contributed by atoms with Crippen molar-refractivity contribution in [2.24, 2.45) is 11.8 Å². The summed E-state index contributed by atoms with van der Waals surface area (Å²) in [5, 5.41) is 2.70. The molecule has 0 aromatic carbocycles. The van der Waals surface area contributed by atoms with E-state index in [1.807, 2.05) is 0 Å². The van der Waals surface area contributed by atoms with Crippen molar-refractivity contribution in [3.63, 3.8) is 0 Å². The Morgan fingerprint density at radius 2 is 1.88 bits per heavy atom. The summed E-state index contributed by atoms with van der Waals surface area (Å²) < 4.78 is 10.5. The van der Waals surface area contributed by atoms with Crippen LogP contribution in [0.15, 0.2) is 0 Å². The first kappa shape index (κ1) is 21.5. The number of rotatable bonds is 6. The fourth-order valence-corrected chi connectivity index (χ4v) is 3.34. The molecule has 1 saturated heterocycles. The summed E-state index contributed by atoms with van der Waals surface area (Å²) in [7, 11) is -1.51. The molecule has 1 heterocycles. The molecule has 2 amide bonds. The Morgan fingerprint density at radius 1 is 1.24 bits per heavy atom. The van der Waals surface area contributed by atoms with Gasteiger partial charge in [-0.2, -0.15) is 0 Å². The third kappa shape index (κ3) is 8.37. The molecule has 0 spiro atoms. The number of carbonyl (C=O) groups is 3. The maximum absolute atomic E-state index is 12.1. The summed E-state index contributed by atoms with van der Waals surface area (Å²) in [5.74, 6) is -0.437. The SMILES string of the molecule is CC(C)(C)OC(=O)N1CC(C=O)C(CNC(=O)OCC[SiH-](C)(C)C)C1. The van der Waals surface area contributed by atoms with Gasteiger partial charge in [-0.3, -0.25) is 0 Å². The monoisotopic (exact) mass is 373 g/mol. The molecule has 0 aromatic rings. The van der Waals surface area contributed by atoms with E-state index >= 15 is 0 Å². The van der Waals surface area contributed by atoms with Crippen LogP contribution < -0.4 is 5.32 Å². The molecule has 0 radical (unpaired) electrons. The second-order valence-electron chi connectivity index (χ2n) is 9.21. The Hall–Kier alpha value is -1.57. The van der Waals surface area contributed by atoms with Crippen LogP contribution in [0.4, 0.5) is 9.59 Å². The fraction of sp³-hybridized carbons (Fsp3) is 0.824. The molecule has 2 unspecified atom stereocenters. The standard InChI is InChI=1S/C17H33N2O5Si/c1-17(2,3)24-16(22)19-10-13(14(11-19)12-20)9-18-15(21)23-7-8-25(4,5)6/h12-14,25H,7-11H2,1-6H3,(H,18,21)/q-1. The van der Waals surface area contributed by atoms with E-state index in [1.165, 1.54) is 4.90 Å². The van der Waals surface area contributed by atoms with Gasteiger partial charge < -0.3 is 0 Å². The van der Waals surface area contributed by atoms with Crippen molar-refractivity contribution in [3.8, 4) is 0 Å². The molecule has 25 heavy (non-hydrogen) atoms. The number of carbonyl (C=O) groups excluding carboxylic acids is 3. The first-order chi connectivity index (χ1) is 11.4. The van der Waals surface area contributed by atoms with Gasteiger partial charge in [-0.15, -0.1) is 0 Å². The van der Waals surface area contributed by atoms with Crippen LogP contribution >= 0.6 is 0 Å². The van der Waals surface area contributed by atoms with Gasteiger partial charge in [-0.25, -0.2) is 0 Å². The molecule has 146 valence electrons. The van der Waals surface area contributed by atoms with Crippen molar-refractivity contribution in [1.82, 2.24) is 10.2 Å². The Labute approximate surface area is 151 Å². The molecule has 8 heteroatoms. The normalized spacial score (nSPS) is 21.6. The topological polar surface area (TPSA) is 84.9 Å². The van der Waals surface area contributed by atoms with Crippen LogP contribution in [0.5, 0.6) is 0 Å². The van der Waals surface area contributed by atoms with Gasteiger partial charge in [0.1, 0.15) is 0 Å². The first-order valence-corrected chi connectivity index (χ1v) is 13.3. The van der Waals surface area contributed by atoms with Crippen LogP contribution in [0.25, 0.3) is 0 Å². The molecule has 0 aliphatic carbocycles. The van der Waals surface area contributed by atoms with Gasteiger partial charge in [0.15, 0.2) is 0 Å². The second-order valence-corrected chi connectivity index (χ2v) is 15.7. The van der Waals surface area contributed by atoms with Crippen LogP contribution in [-0.4, -0.2) is 63.3 Å². The zero-order valence-corrected chi connectivity index (χ0v) is 17.5. The van der Waals surface area contributed by atoms with Gasteiger partial charge in [0.2, 0.25) is 0 Å². The van der Waals surface area contributed by atoms with Crippen molar-refractivity contribution in [3.05, 3.63) is 0 Å². The Balaban J connectivity index is 2.43. The summed E-state index contributed by atoms with van der Waals surface area (Å²) in [6.45, 7) is 13.6. The van der Waals surface area contributed by atoms with E-state index in [4.69, 9.17) is 9.47 Å². The van der Waals surface area contributed by atoms with E-state index in [2.05, 4.69) is 25.0 Å². The molecule has 2 atom stereocenters. The summed E-state index contributed by atoms with van der Waals surface area (Å²) in [6.07, 6.45) is -0.0575. The van der Waals surface area contributed by atoms with Crippen LogP contribution in [0.3, 0.4) is 0 Å². The average Bonchev–Trinajstić information content (AvgIpc) is 2.85. The van der Waals surface area contributed by atoms with E-state index < -0.39 is 25.9 Å². The Morgan fingerprint density at radius 3 is 2.40 bits per heavy atom. The van der Waals surface area contributed by atoms with Gasteiger partial charge in [-0.05, 0) is 20.8 Å². The number of ether oxygens (including phenoxy) is 2. The Kier molecular flexibility index (Phi) is 7.46. The van der Waals surface area contributed by atoms with Gasteiger partial charge in [0.05, 0.1) is 0 Å². The predicted molar refractivity (Wildman–Crippen MR) is 99.7 cm³/mol. The Bertz CT molecular complexity index is 484. The number of likely N-dealkylation sites (tertiary alicyclic amines) is 1. The van der Waals surface area contributed by atoms with Crippen molar-refractivity contribution < 1.29 is 23.9 Å². The molecule has 0 aromatic heterocycles. The molecule has 1 aliphatic heterocycles. The maximum atomic E-state index is 12.1. The van der Waals surface area contributed by atoms with Gasteiger partial charge in [-0.1, -0.05) is 0 Å². The number of nitrogens with zero attached hydrogens (tertiary/aromatic N) is 1. The van der Waals surface area contributed by atoms with E-state index in [1.54, 1.807) is 20.8 Å². The zero-order chi connectivity index (χ0) is 19.3. The van der Waals surface area contributed by atoms with Crippen LogP contribution in [-0.2, 0) is 14.3 Å². The summed E-state index contributed by atoms with van der Waals surface area (Å²) in [5.41, 5.74) is -0.578. The number of hydrogen-bond acceptors (Lipinski definition) is 5. The molecule has 7 nitrogen and oxygen atoms in total. The van der Waals surface area contributed by atoms with Crippen molar-refractivity contribution in [1.29, 1.82) is 0 Å². The average molecular weight is 374 g/mol. The molecule has 0 bridgehead atoms. The number of amides is 2. The summed E-state index contributed by atoms with van der Waals surface area (Å²) in [6, 6.07) is 0.938. The third-order valence-corrected chi connectivity index (χ3v) is 6.01. The van der Waals surface area contributed by atoms with E-state index in [0.29, 0.717) is 26.2 Å². The number of nitrogens with one attached hydrogen (secondary N) is 1. The number of aldehydes is 1. The molecule has 1 N–H and O–H groups in total. The van der Waals surface area contributed by atoms with Crippen molar-refractivity contribution in [2.45, 2.75) is 52.1 Å². The molecule has 1 fully saturated rings. The molecule has 1 aliphatic rings. The van der Waals surface area contributed by atoms with Crippen molar-refractivity contribution >= 4 is 26.5 Å². The minimum atomic E-state index is -1.51. The quantitative estimate of drug-likeness (QED) is 0.571. The van der Waals surface area contributed by atoms with Crippen LogP contribution in [0.1, 0.15) is 20.8 Å². The summed E-state index contributed by atoms with van der Waals surface area (Å²) >= 11 is 0. The fourth-order valence-electron chi connectivity index (χ4n) is 2.51. The molecular formula is C17H33N2O5Si-. The van der Waals surface area contributed by atoms with Gasteiger partial charge in [0, 0.05) is 0 Å². The van der Waals surface area contributed by atoms with Gasteiger partial charge in [0.25, 0.3) is 0 Å². The molecular weight excluding hydrogens is 340 g/mol. The predicted octanol–water partition coefficient (Wildman–Crippen LogP) is 2.47. The second kappa shape index (κ2) is 8.69. The number of alkyl carbamates (subject to hydrolysis) is 1. The van der Waals surface area contributed by atoms with E-state index in [9.17, 15) is 14.4 Å². The van der Waals surface area contributed by atoms with Crippen LogP contribution in [0, 0.1) is 11.8 Å². The molecule has 1 rings (SSSR count). The van der Waals surface area contributed by atoms with E-state index in [0.717, 1.165) is 12.3 Å². The third-order valence-electron chi connectivity index (χ3n) is 4.04. The van der Waals surface area contributed by atoms with Crippen molar-refractivity contribution in [2.75, 3.05) is 26.2 Å². The zero-order valence-electron chi connectivity index (χ0n) is 16.3. The van der Waals surface area contributed by atoms with E-state index in [-0.39, 0.29) is 11.8 Å².